The molecule has 172 valence electrons. The number of hydrogen-bond donors (Lipinski definition) is 2. The van der Waals surface area contributed by atoms with E-state index in [1.54, 1.807) is 13.8 Å². The summed E-state index contributed by atoms with van der Waals surface area (Å²) in [6.45, 7) is 4.47. The lowest BCUT2D eigenvalue weighted by Gasteiger charge is -2.12. The highest BCUT2D eigenvalue weighted by Gasteiger charge is 2.19. The fourth-order valence-electron chi connectivity index (χ4n) is 3.68. The molecule has 0 saturated heterocycles. The van der Waals surface area contributed by atoms with Crippen LogP contribution < -0.4 is 14.8 Å². The fourth-order valence-corrected chi connectivity index (χ4v) is 5.16. The molecule has 0 aliphatic carbocycles. The SMILES string of the molecule is CC(C)NS(=O)(=O)c1ccc(Cl)c(C(=O)NCc2ccc(-c3ccc4c(c3)CCO4)cc2)c1. The molecule has 3 aromatic carbocycles. The van der Waals surface area contributed by atoms with Crippen LogP contribution in [0.1, 0.15) is 35.3 Å². The molecule has 0 saturated carbocycles. The van der Waals surface area contributed by atoms with E-state index >= 15 is 0 Å². The molecule has 0 aromatic heterocycles. The number of hydrogen-bond acceptors (Lipinski definition) is 4. The standard InChI is InChI=1S/C25H25ClN2O4S/c1-16(2)28-33(30,31)21-8-9-23(26)22(14-21)25(29)27-15-17-3-5-18(6-4-17)19-7-10-24-20(13-19)11-12-32-24/h3-10,13-14,16,28H,11-12,15H2,1-2H3,(H,27,29). The summed E-state index contributed by atoms with van der Waals surface area (Å²) in [5.74, 6) is 0.512. The molecule has 1 amide bonds. The van der Waals surface area contributed by atoms with Crippen LogP contribution in [0.5, 0.6) is 5.75 Å². The number of nitrogens with one attached hydrogen (secondary N) is 2. The van der Waals surface area contributed by atoms with Crippen molar-refractivity contribution < 1.29 is 17.9 Å². The van der Waals surface area contributed by atoms with Gasteiger partial charge in [-0.2, -0.15) is 0 Å². The lowest BCUT2D eigenvalue weighted by atomic mass is 10.0. The molecule has 2 N–H and O–H groups in total. The predicted molar refractivity (Wildman–Crippen MR) is 129 cm³/mol. The first-order chi connectivity index (χ1) is 15.7. The molecule has 4 rings (SSSR count). The van der Waals surface area contributed by atoms with Gasteiger partial charge in [0.15, 0.2) is 0 Å². The number of fused-ring (bicyclic) bond motifs is 1. The highest BCUT2D eigenvalue weighted by molar-refractivity contribution is 7.89. The monoisotopic (exact) mass is 484 g/mol. The van der Waals surface area contributed by atoms with Gasteiger partial charge in [-0.3, -0.25) is 4.79 Å². The molecular formula is C25H25ClN2O4S. The van der Waals surface area contributed by atoms with Crippen molar-refractivity contribution in [1.82, 2.24) is 10.0 Å². The summed E-state index contributed by atoms with van der Waals surface area (Å²) >= 11 is 6.17. The van der Waals surface area contributed by atoms with Gasteiger partial charge in [0, 0.05) is 19.0 Å². The van der Waals surface area contributed by atoms with Crippen LogP contribution >= 0.6 is 11.6 Å². The molecule has 3 aromatic rings. The summed E-state index contributed by atoms with van der Waals surface area (Å²) in [4.78, 5) is 12.7. The average molecular weight is 485 g/mol. The molecule has 33 heavy (non-hydrogen) atoms. The van der Waals surface area contributed by atoms with E-state index in [2.05, 4.69) is 16.1 Å². The van der Waals surface area contributed by atoms with Crippen molar-refractivity contribution >= 4 is 27.5 Å². The Morgan fingerprint density at radius 2 is 1.76 bits per heavy atom. The van der Waals surface area contributed by atoms with Crippen molar-refractivity contribution in [2.24, 2.45) is 0 Å². The van der Waals surface area contributed by atoms with Crippen molar-refractivity contribution in [1.29, 1.82) is 0 Å². The van der Waals surface area contributed by atoms with Crippen LogP contribution in [0.3, 0.4) is 0 Å². The van der Waals surface area contributed by atoms with Crippen LogP contribution in [-0.4, -0.2) is 27.0 Å². The van der Waals surface area contributed by atoms with E-state index in [9.17, 15) is 13.2 Å². The Morgan fingerprint density at radius 3 is 2.48 bits per heavy atom. The van der Waals surface area contributed by atoms with E-state index in [-0.39, 0.29) is 28.1 Å². The van der Waals surface area contributed by atoms with E-state index in [4.69, 9.17) is 16.3 Å². The van der Waals surface area contributed by atoms with Gasteiger partial charge in [0.1, 0.15) is 5.75 Å². The highest BCUT2D eigenvalue weighted by atomic mass is 35.5. The molecule has 6 nitrogen and oxygen atoms in total. The normalized spacial score (nSPS) is 13.0. The van der Waals surface area contributed by atoms with Crippen LogP contribution in [0.4, 0.5) is 0 Å². The maximum Gasteiger partial charge on any atom is 0.253 e. The van der Waals surface area contributed by atoms with Crippen molar-refractivity contribution in [2.45, 2.75) is 37.8 Å². The number of sulfonamides is 1. The zero-order chi connectivity index (χ0) is 23.6. The van der Waals surface area contributed by atoms with Gasteiger partial charge in [-0.25, -0.2) is 13.1 Å². The molecule has 0 spiro atoms. The summed E-state index contributed by atoms with van der Waals surface area (Å²) in [6.07, 6.45) is 0.923. The van der Waals surface area contributed by atoms with Crippen LogP contribution in [-0.2, 0) is 23.0 Å². The van der Waals surface area contributed by atoms with Gasteiger partial charge < -0.3 is 10.1 Å². The molecule has 8 heteroatoms. The Balaban J connectivity index is 1.44. The minimum absolute atomic E-state index is 0.00477. The number of carbonyl (C=O) groups excluding carboxylic acids is 1. The third-order valence-corrected chi connectivity index (χ3v) is 7.30. The molecule has 0 bridgehead atoms. The molecule has 0 unspecified atom stereocenters. The first-order valence-electron chi connectivity index (χ1n) is 10.7. The van der Waals surface area contributed by atoms with Crippen molar-refractivity contribution in [3.05, 3.63) is 82.4 Å². The summed E-state index contributed by atoms with van der Waals surface area (Å²) in [5, 5.41) is 3.00. The first-order valence-corrected chi connectivity index (χ1v) is 12.5. The Morgan fingerprint density at radius 1 is 1.03 bits per heavy atom. The third-order valence-electron chi connectivity index (χ3n) is 5.31. The van der Waals surface area contributed by atoms with Gasteiger partial charge in [0.25, 0.3) is 5.91 Å². The van der Waals surface area contributed by atoms with Crippen LogP contribution in [0.2, 0.25) is 5.02 Å². The number of halogens is 1. The van der Waals surface area contributed by atoms with E-state index in [0.717, 1.165) is 35.5 Å². The second-order valence-electron chi connectivity index (χ2n) is 8.22. The quantitative estimate of drug-likeness (QED) is 0.515. The van der Waals surface area contributed by atoms with Crippen molar-refractivity contribution in [2.75, 3.05) is 6.61 Å². The molecular weight excluding hydrogens is 460 g/mol. The number of amides is 1. The van der Waals surface area contributed by atoms with Crippen molar-refractivity contribution in [3.8, 4) is 16.9 Å². The third kappa shape index (κ3) is 5.38. The highest BCUT2D eigenvalue weighted by Crippen LogP contribution is 2.30. The Kier molecular flexibility index (Phi) is 6.74. The summed E-state index contributed by atoms with van der Waals surface area (Å²) in [5.41, 5.74) is 4.44. The van der Waals surface area contributed by atoms with Gasteiger partial charge >= 0.3 is 0 Å². The fraction of sp³-hybridized carbons (Fsp3) is 0.240. The van der Waals surface area contributed by atoms with Gasteiger partial charge in [-0.15, -0.1) is 0 Å². The van der Waals surface area contributed by atoms with E-state index in [1.807, 2.05) is 36.4 Å². The van der Waals surface area contributed by atoms with Crippen molar-refractivity contribution in [3.63, 3.8) is 0 Å². The van der Waals surface area contributed by atoms with Gasteiger partial charge in [0.05, 0.1) is 22.1 Å². The Labute approximate surface area is 199 Å². The van der Waals surface area contributed by atoms with Gasteiger partial charge in [0.2, 0.25) is 10.0 Å². The predicted octanol–water partition coefficient (Wildman–Crippen LogP) is 4.56. The summed E-state index contributed by atoms with van der Waals surface area (Å²) < 4.78 is 32.9. The topological polar surface area (TPSA) is 84.5 Å². The van der Waals surface area contributed by atoms with E-state index in [1.165, 1.54) is 23.8 Å². The second-order valence-corrected chi connectivity index (χ2v) is 10.3. The Hall–Kier alpha value is -2.87. The van der Waals surface area contributed by atoms with E-state index < -0.39 is 15.9 Å². The largest absolute Gasteiger partial charge is 0.493 e. The van der Waals surface area contributed by atoms with E-state index in [0.29, 0.717) is 0 Å². The first kappa shape index (κ1) is 23.3. The summed E-state index contributed by atoms with van der Waals surface area (Å²) in [6, 6.07) is 17.9. The van der Waals surface area contributed by atoms with Gasteiger partial charge in [-0.1, -0.05) is 41.9 Å². The minimum Gasteiger partial charge on any atom is -0.493 e. The number of rotatable bonds is 7. The number of carbonyl (C=O) groups is 1. The second kappa shape index (κ2) is 9.55. The molecule has 1 heterocycles. The molecule has 1 aliphatic heterocycles. The lowest BCUT2D eigenvalue weighted by molar-refractivity contribution is 0.0951. The molecule has 0 radical (unpaired) electrons. The maximum absolute atomic E-state index is 12.7. The zero-order valence-electron chi connectivity index (χ0n) is 18.4. The molecule has 0 fully saturated rings. The zero-order valence-corrected chi connectivity index (χ0v) is 20.0. The average Bonchev–Trinajstić information content (AvgIpc) is 3.25. The van der Waals surface area contributed by atoms with Crippen LogP contribution in [0.15, 0.2) is 65.6 Å². The molecule has 1 aliphatic rings. The Bertz CT molecular complexity index is 1290. The smallest absolute Gasteiger partial charge is 0.253 e. The van der Waals surface area contributed by atoms with Gasteiger partial charge in [-0.05, 0) is 66.4 Å². The minimum atomic E-state index is -3.73. The van der Waals surface area contributed by atoms with Crippen LogP contribution in [0.25, 0.3) is 11.1 Å². The number of ether oxygens (including phenoxy) is 1. The lowest BCUT2D eigenvalue weighted by Crippen LogP contribution is -2.30. The molecule has 0 atom stereocenters. The number of benzene rings is 3. The maximum atomic E-state index is 12.7. The van der Waals surface area contributed by atoms with Crippen LogP contribution in [0, 0.1) is 0 Å². The summed E-state index contributed by atoms with van der Waals surface area (Å²) in [7, 11) is -3.73.